The van der Waals surface area contributed by atoms with Crippen LogP contribution < -0.4 is 0 Å². The third-order valence-electron chi connectivity index (χ3n) is 1.75. The number of halogens is 1. The molecule has 4 heteroatoms. The van der Waals surface area contributed by atoms with Crippen molar-refractivity contribution in [3.05, 3.63) is 24.0 Å². The third-order valence-corrected chi connectivity index (χ3v) is 3.70. The lowest BCUT2D eigenvalue weighted by Gasteiger charge is -2.12. The van der Waals surface area contributed by atoms with Gasteiger partial charge in [-0.3, -0.25) is 0 Å². The van der Waals surface area contributed by atoms with E-state index in [9.17, 15) is 4.39 Å². The second-order valence-corrected chi connectivity index (χ2v) is 4.51. The fourth-order valence-corrected chi connectivity index (χ4v) is 2.75. The summed E-state index contributed by atoms with van der Waals surface area (Å²) in [4.78, 5) is 5.34. The molecule has 1 aromatic carbocycles. The van der Waals surface area contributed by atoms with Crippen LogP contribution in [-0.4, -0.2) is 17.1 Å². The molecule has 0 bridgehead atoms. The van der Waals surface area contributed by atoms with Crippen molar-refractivity contribution in [2.24, 2.45) is 4.99 Å². The molecule has 0 saturated carbocycles. The molecule has 0 aliphatic carbocycles. The fourth-order valence-electron chi connectivity index (χ4n) is 1.11. The largest absolute Gasteiger partial charge is 0.245 e. The van der Waals surface area contributed by atoms with E-state index in [1.54, 1.807) is 35.7 Å². The number of thioether (sulfide) groups is 2. The predicted octanol–water partition coefficient (Wildman–Crippen LogP) is 3.32. The molecule has 0 N–H and O–H groups in total. The molecule has 13 heavy (non-hydrogen) atoms. The molecule has 1 heterocycles. The highest BCUT2D eigenvalue weighted by Gasteiger charge is 2.11. The highest BCUT2D eigenvalue weighted by Crippen LogP contribution is 2.35. The summed E-state index contributed by atoms with van der Waals surface area (Å²) in [6, 6.07) is 4.72. The van der Waals surface area contributed by atoms with Crippen LogP contribution in [-0.2, 0) is 0 Å². The van der Waals surface area contributed by atoms with E-state index in [-0.39, 0.29) is 5.82 Å². The van der Waals surface area contributed by atoms with Crippen LogP contribution in [0.5, 0.6) is 0 Å². The molecule has 1 aromatic rings. The molecule has 0 aromatic heterocycles. The Morgan fingerprint density at radius 2 is 2.38 bits per heavy atom. The van der Waals surface area contributed by atoms with Crippen LogP contribution >= 0.6 is 23.5 Å². The quantitative estimate of drug-likeness (QED) is 0.655. The van der Waals surface area contributed by atoms with E-state index in [0.29, 0.717) is 0 Å². The van der Waals surface area contributed by atoms with Crippen molar-refractivity contribution in [2.75, 3.05) is 12.0 Å². The van der Waals surface area contributed by atoms with Crippen LogP contribution in [0.25, 0.3) is 0 Å². The molecule has 1 aliphatic rings. The number of rotatable bonds is 0. The van der Waals surface area contributed by atoms with Gasteiger partial charge in [0.2, 0.25) is 0 Å². The van der Waals surface area contributed by atoms with Crippen molar-refractivity contribution in [3.8, 4) is 0 Å². The molecule has 0 atom stereocenters. The minimum Gasteiger partial charge on any atom is -0.245 e. The van der Waals surface area contributed by atoms with Gasteiger partial charge in [-0.2, -0.15) is 0 Å². The average molecular weight is 213 g/mol. The average Bonchev–Trinajstić information content (AvgIpc) is 2.17. The summed E-state index contributed by atoms with van der Waals surface area (Å²) in [5, 5.41) is 1.10. The fraction of sp³-hybridized carbons (Fsp3) is 0.222. The zero-order valence-electron chi connectivity index (χ0n) is 7.08. The first kappa shape index (κ1) is 9.09. The van der Waals surface area contributed by atoms with Gasteiger partial charge in [0.05, 0.1) is 10.7 Å². The number of fused-ring (bicyclic) bond motifs is 1. The highest BCUT2D eigenvalue weighted by atomic mass is 32.2. The van der Waals surface area contributed by atoms with Crippen LogP contribution in [0.3, 0.4) is 0 Å². The van der Waals surface area contributed by atoms with Crippen molar-refractivity contribution < 1.29 is 4.39 Å². The lowest BCUT2D eigenvalue weighted by atomic mass is 10.3. The molecular formula is C9H8FNS2. The number of hydrogen-bond acceptors (Lipinski definition) is 3. The van der Waals surface area contributed by atoms with Gasteiger partial charge in [0, 0.05) is 10.6 Å². The molecule has 0 radical (unpaired) electrons. The van der Waals surface area contributed by atoms with Crippen molar-refractivity contribution in [1.29, 1.82) is 0 Å². The van der Waals surface area contributed by atoms with E-state index < -0.39 is 0 Å². The SMILES string of the molecule is CSC1=Nc2ccc(F)cc2SC1. The Morgan fingerprint density at radius 3 is 3.15 bits per heavy atom. The van der Waals surface area contributed by atoms with E-state index >= 15 is 0 Å². The molecule has 0 saturated heterocycles. The van der Waals surface area contributed by atoms with Crippen LogP contribution in [0.1, 0.15) is 0 Å². The zero-order valence-corrected chi connectivity index (χ0v) is 8.71. The first-order valence-corrected chi connectivity index (χ1v) is 6.04. The Morgan fingerprint density at radius 1 is 1.54 bits per heavy atom. The van der Waals surface area contributed by atoms with E-state index in [2.05, 4.69) is 4.99 Å². The van der Waals surface area contributed by atoms with Gasteiger partial charge in [0.15, 0.2) is 0 Å². The van der Waals surface area contributed by atoms with E-state index in [1.807, 2.05) is 6.26 Å². The molecule has 0 amide bonds. The van der Waals surface area contributed by atoms with E-state index in [1.165, 1.54) is 6.07 Å². The van der Waals surface area contributed by atoms with Gasteiger partial charge in [0.1, 0.15) is 5.82 Å². The van der Waals surface area contributed by atoms with E-state index in [0.717, 1.165) is 21.4 Å². The Hall–Kier alpha value is -0.480. The topological polar surface area (TPSA) is 12.4 Å². The smallest absolute Gasteiger partial charge is 0.124 e. The molecule has 1 nitrogen and oxygen atoms in total. The Kier molecular flexibility index (Phi) is 2.60. The van der Waals surface area contributed by atoms with Gasteiger partial charge in [-0.15, -0.1) is 23.5 Å². The zero-order chi connectivity index (χ0) is 9.26. The predicted molar refractivity (Wildman–Crippen MR) is 57.7 cm³/mol. The van der Waals surface area contributed by atoms with Crippen molar-refractivity contribution in [3.63, 3.8) is 0 Å². The second kappa shape index (κ2) is 3.72. The first-order chi connectivity index (χ1) is 6.29. The van der Waals surface area contributed by atoms with Gasteiger partial charge >= 0.3 is 0 Å². The second-order valence-electron chi connectivity index (χ2n) is 2.61. The molecule has 0 unspecified atom stereocenters. The monoisotopic (exact) mass is 213 g/mol. The third kappa shape index (κ3) is 1.89. The summed E-state index contributed by atoms with van der Waals surface area (Å²) in [7, 11) is 0. The molecule has 1 aliphatic heterocycles. The first-order valence-electron chi connectivity index (χ1n) is 3.83. The van der Waals surface area contributed by atoms with Crippen molar-refractivity contribution >= 4 is 34.3 Å². The van der Waals surface area contributed by atoms with Crippen LogP contribution in [0.4, 0.5) is 10.1 Å². The minimum absolute atomic E-state index is 0.186. The summed E-state index contributed by atoms with van der Waals surface area (Å²) in [5.41, 5.74) is 0.891. The van der Waals surface area contributed by atoms with Gasteiger partial charge in [-0.1, -0.05) is 0 Å². The number of nitrogens with zero attached hydrogens (tertiary/aromatic N) is 1. The Labute approximate surface area is 84.8 Å². The van der Waals surface area contributed by atoms with Crippen molar-refractivity contribution in [2.45, 2.75) is 4.90 Å². The summed E-state index contributed by atoms with van der Waals surface area (Å²) in [6.45, 7) is 0. The minimum atomic E-state index is -0.186. The maximum atomic E-state index is 12.8. The summed E-state index contributed by atoms with van der Waals surface area (Å²) >= 11 is 3.29. The maximum absolute atomic E-state index is 12.8. The van der Waals surface area contributed by atoms with Crippen LogP contribution in [0.2, 0.25) is 0 Å². The van der Waals surface area contributed by atoms with Gasteiger partial charge < -0.3 is 0 Å². The summed E-state index contributed by atoms with van der Waals surface area (Å²) < 4.78 is 12.8. The van der Waals surface area contributed by atoms with Gasteiger partial charge in [-0.05, 0) is 24.5 Å². The molecule has 2 rings (SSSR count). The highest BCUT2D eigenvalue weighted by molar-refractivity contribution is 8.15. The molecule has 0 spiro atoms. The normalized spacial score (nSPS) is 15.1. The van der Waals surface area contributed by atoms with Gasteiger partial charge in [0.25, 0.3) is 0 Å². The van der Waals surface area contributed by atoms with Crippen LogP contribution in [0.15, 0.2) is 28.1 Å². The summed E-state index contributed by atoms with van der Waals surface area (Å²) in [6.07, 6.45) is 2.01. The lowest BCUT2D eigenvalue weighted by molar-refractivity contribution is 0.624. The Balaban J connectivity index is 2.42. The van der Waals surface area contributed by atoms with Gasteiger partial charge in [-0.25, -0.2) is 9.38 Å². The maximum Gasteiger partial charge on any atom is 0.124 e. The Bertz CT molecular complexity index is 363. The number of benzene rings is 1. The molecule has 68 valence electrons. The number of aliphatic imine (C=N–C) groups is 1. The molecule has 0 fully saturated rings. The standard InChI is InChI=1S/C9H8FNS2/c1-12-9-5-13-8-4-6(10)2-3-7(8)11-9/h2-4H,5H2,1H3. The van der Waals surface area contributed by atoms with Crippen molar-refractivity contribution in [1.82, 2.24) is 0 Å². The lowest BCUT2D eigenvalue weighted by Crippen LogP contribution is -1.99. The van der Waals surface area contributed by atoms with Crippen LogP contribution in [0, 0.1) is 5.82 Å². The number of hydrogen-bond donors (Lipinski definition) is 0. The summed E-state index contributed by atoms with van der Waals surface area (Å²) in [5.74, 6) is 0.673. The molecular weight excluding hydrogens is 205 g/mol. The van der Waals surface area contributed by atoms with E-state index in [4.69, 9.17) is 0 Å².